The minimum Gasteiger partial charge on any atom is -0.424 e. The van der Waals surface area contributed by atoms with Crippen molar-refractivity contribution in [3.63, 3.8) is 0 Å². The summed E-state index contributed by atoms with van der Waals surface area (Å²) in [5, 5.41) is 6.98. The molecule has 120 valence electrons. The summed E-state index contributed by atoms with van der Waals surface area (Å²) in [4.78, 5) is 4.13. The molecule has 0 aliphatic heterocycles. The van der Waals surface area contributed by atoms with Gasteiger partial charge < -0.3 is 14.8 Å². The maximum atomic E-state index is 12.1. The lowest BCUT2D eigenvalue weighted by Gasteiger charge is -2.11. The molecule has 22 heavy (non-hydrogen) atoms. The molecule has 6 nitrogen and oxygen atoms in total. The number of nitrogens with zero attached hydrogens (tertiary/aromatic N) is 3. The second-order valence-electron chi connectivity index (χ2n) is 4.63. The topological polar surface area (TPSA) is 61.2 Å². The number of hydrogen-bond donors (Lipinski definition) is 1. The van der Waals surface area contributed by atoms with E-state index in [4.69, 9.17) is 4.74 Å². The Kier molecular flexibility index (Phi) is 4.43. The minimum atomic E-state index is -4.72. The summed E-state index contributed by atoms with van der Waals surface area (Å²) in [6.07, 6.45) is -4.72. The van der Waals surface area contributed by atoms with Crippen molar-refractivity contribution < 1.29 is 22.6 Å². The minimum absolute atomic E-state index is 0.0115. The number of alkyl halides is 3. The molecule has 2 rings (SSSR count). The molecule has 1 aromatic carbocycles. The number of ether oxygens (including phenoxy) is 2. The maximum Gasteiger partial charge on any atom is 0.573 e. The highest BCUT2D eigenvalue weighted by Gasteiger charge is 2.31. The maximum absolute atomic E-state index is 12.1. The second kappa shape index (κ2) is 6.12. The number of aromatic nitrogens is 3. The first-order valence-corrected chi connectivity index (χ1v) is 6.46. The SMILES string of the molecule is CNc1nc(Oc2ccc(OC(F)(F)F)cc2)n(C(C)C)n1. The standard InChI is InChI=1S/C13H15F3N4O2/c1-8(2)20-12(18-11(17-3)19-20)21-9-4-6-10(7-5-9)22-13(14,15)16/h4-8H,1-3H3,(H,17,19). The van der Waals surface area contributed by atoms with E-state index in [1.54, 1.807) is 11.7 Å². The van der Waals surface area contributed by atoms with Crippen LogP contribution in [0.1, 0.15) is 19.9 Å². The van der Waals surface area contributed by atoms with Gasteiger partial charge in [0, 0.05) is 7.05 Å². The van der Waals surface area contributed by atoms with Gasteiger partial charge in [0.05, 0.1) is 6.04 Å². The summed E-state index contributed by atoms with van der Waals surface area (Å²) >= 11 is 0. The molecule has 1 heterocycles. The van der Waals surface area contributed by atoms with Crippen LogP contribution in [0.5, 0.6) is 17.5 Å². The van der Waals surface area contributed by atoms with E-state index in [-0.39, 0.29) is 17.8 Å². The smallest absolute Gasteiger partial charge is 0.424 e. The molecule has 0 amide bonds. The molecule has 0 atom stereocenters. The number of hydrogen-bond acceptors (Lipinski definition) is 5. The lowest BCUT2D eigenvalue weighted by molar-refractivity contribution is -0.274. The monoisotopic (exact) mass is 316 g/mol. The van der Waals surface area contributed by atoms with Crippen LogP contribution in [-0.2, 0) is 0 Å². The van der Waals surface area contributed by atoms with E-state index in [2.05, 4.69) is 20.1 Å². The number of nitrogens with one attached hydrogen (secondary N) is 1. The van der Waals surface area contributed by atoms with Crippen LogP contribution in [0.3, 0.4) is 0 Å². The molecule has 0 bridgehead atoms. The fourth-order valence-electron chi connectivity index (χ4n) is 1.64. The summed E-state index contributed by atoms with van der Waals surface area (Å²) in [6.45, 7) is 3.81. The number of benzene rings is 1. The highest BCUT2D eigenvalue weighted by atomic mass is 19.4. The van der Waals surface area contributed by atoms with Crippen LogP contribution in [0.15, 0.2) is 24.3 Å². The number of anilines is 1. The zero-order valence-corrected chi connectivity index (χ0v) is 12.2. The van der Waals surface area contributed by atoms with Gasteiger partial charge in [-0.05, 0) is 38.1 Å². The number of rotatable bonds is 5. The average molecular weight is 316 g/mol. The second-order valence-corrected chi connectivity index (χ2v) is 4.63. The van der Waals surface area contributed by atoms with E-state index in [1.807, 2.05) is 13.8 Å². The van der Waals surface area contributed by atoms with Crippen LogP contribution in [0, 0.1) is 0 Å². The predicted octanol–water partition coefficient (Wildman–Crippen LogP) is 3.59. The van der Waals surface area contributed by atoms with Gasteiger partial charge in [-0.25, -0.2) is 4.68 Å². The summed E-state index contributed by atoms with van der Waals surface area (Å²) in [6, 6.07) is 5.30. The van der Waals surface area contributed by atoms with Crippen LogP contribution in [-0.4, -0.2) is 28.2 Å². The summed E-state index contributed by atoms with van der Waals surface area (Å²) in [7, 11) is 1.67. The molecule has 0 radical (unpaired) electrons. The van der Waals surface area contributed by atoms with Crippen LogP contribution >= 0.6 is 0 Å². The molecule has 0 saturated heterocycles. The largest absolute Gasteiger partial charge is 0.573 e. The Morgan fingerprint density at radius 3 is 2.23 bits per heavy atom. The van der Waals surface area contributed by atoms with Gasteiger partial charge in [0.2, 0.25) is 5.95 Å². The first-order valence-electron chi connectivity index (χ1n) is 6.46. The molecular formula is C13H15F3N4O2. The third kappa shape index (κ3) is 4.03. The highest BCUT2D eigenvalue weighted by molar-refractivity contribution is 5.34. The molecule has 0 saturated carbocycles. The quantitative estimate of drug-likeness (QED) is 0.913. The van der Waals surface area contributed by atoms with Gasteiger partial charge >= 0.3 is 12.4 Å². The van der Waals surface area contributed by atoms with Gasteiger partial charge in [0.25, 0.3) is 0 Å². The Bertz CT molecular complexity index is 623. The van der Waals surface area contributed by atoms with Crippen molar-refractivity contribution in [2.75, 3.05) is 12.4 Å². The van der Waals surface area contributed by atoms with E-state index in [9.17, 15) is 13.2 Å². The van der Waals surface area contributed by atoms with Crippen molar-refractivity contribution >= 4 is 5.95 Å². The first kappa shape index (κ1) is 15.9. The molecule has 9 heteroatoms. The van der Waals surface area contributed by atoms with E-state index in [0.717, 1.165) is 12.1 Å². The van der Waals surface area contributed by atoms with Crippen molar-refractivity contribution in [3.8, 4) is 17.5 Å². The Hall–Kier alpha value is -2.45. The first-order chi connectivity index (χ1) is 10.3. The van der Waals surface area contributed by atoms with E-state index in [1.165, 1.54) is 12.1 Å². The Labute approximate surface area is 124 Å². The lowest BCUT2D eigenvalue weighted by Crippen LogP contribution is -2.16. The zero-order chi connectivity index (χ0) is 16.3. The Morgan fingerprint density at radius 1 is 1.14 bits per heavy atom. The third-order valence-corrected chi connectivity index (χ3v) is 2.58. The predicted molar refractivity (Wildman–Crippen MR) is 73.2 cm³/mol. The van der Waals surface area contributed by atoms with E-state index < -0.39 is 6.36 Å². The molecule has 1 N–H and O–H groups in total. The fraction of sp³-hybridized carbons (Fsp3) is 0.385. The Morgan fingerprint density at radius 2 is 1.73 bits per heavy atom. The summed E-state index contributed by atoms with van der Waals surface area (Å²) in [5.74, 6) is 0.397. The Balaban J connectivity index is 2.15. The molecule has 0 unspecified atom stereocenters. The zero-order valence-electron chi connectivity index (χ0n) is 12.2. The fourth-order valence-corrected chi connectivity index (χ4v) is 1.64. The number of halogens is 3. The van der Waals surface area contributed by atoms with Crippen molar-refractivity contribution in [2.45, 2.75) is 26.3 Å². The van der Waals surface area contributed by atoms with Crippen LogP contribution < -0.4 is 14.8 Å². The lowest BCUT2D eigenvalue weighted by atomic mass is 10.3. The molecule has 0 fully saturated rings. The van der Waals surface area contributed by atoms with Gasteiger partial charge in [0.1, 0.15) is 11.5 Å². The van der Waals surface area contributed by atoms with Gasteiger partial charge in [0.15, 0.2) is 0 Å². The third-order valence-electron chi connectivity index (χ3n) is 2.58. The molecule has 0 aliphatic rings. The van der Waals surface area contributed by atoms with Crippen molar-refractivity contribution in [1.29, 1.82) is 0 Å². The van der Waals surface area contributed by atoms with Crippen LogP contribution in [0.4, 0.5) is 19.1 Å². The van der Waals surface area contributed by atoms with Gasteiger partial charge in [-0.1, -0.05) is 0 Å². The van der Waals surface area contributed by atoms with Crippen molar-refractivity contribution in [3.05, 3.63) is 24.3 Å². The van der Waals surface area contributed by atoms with E-state index in [0.29, 0.717) is 11.7 Å². The molecule has 1 aromatic heterocycles. The van der Waals surface area contributed by atoms with Crippen molar-refractivity contribution in [2.24, 2.45) is 0 Å². The highest BCUT2D eigenvalue weighted by Crippen LogP contribution is 2.28. The molecule has 2 aromatic rings. The molecule has 0 aliphatic carbocycles. The summed E-state index contributed by atoms with van der Waals surface area (Å²) < 4.78 is 47.2. The van der Waals surface area contributed by atoms with Crippen molar-refractivity contribution in [1.82, 2.24) is 14.8 Å². The average Bonchev–Trinajstić information content (AvgIpc) is 2.83. The van der Waals surface area contributed by atoms with Gasteiger partial charge in [-0.2, -0.15) is 4.98 Å². The van der Waals surface area contributed by atoms with Gasteiger partial charge in [-0.15, -0.1) is 18.3 Å². The summed E-state index contributed by atoms with van der Waals surface area (Å²) in [5.41, 5.74) is 0. The van der Waals surface area contributed by atoms with Crippen LogP contribution in [0.2, 0.25) is 0 Å². The van der Waals surface area contributed by atoms with Gasteiger partial charge in [-0.3, -0.25) is 0 Å². The van der Waals surface area contributed by atoms with Crippen LogP contribution in [0.25, 0.3) is 0 Å². The van der Waals surface area contributed by atoms with E-state index >= 15 is 0 Å². The molecule has 0 spiro atoms. The normalized spacial score (nSPS) is 11.6. The molecular weight excluding hydrogens is 301 g/mol.